The van der Waals surface area contributed by atoms with Crippen LogP contribution in [0, 0.1) is 6.92 Å². The van der Waals surface area contributed by atoms with E-state index in [4.69, 9.17) is 0 Å². The van der Waals surface area contributed by atoms with E-state index in [2.05, 4.69) is 17.6 Å². The Labute approximate surface area is 125 Å². The molecule has 1 aliphatic heterocycles. The van der Waals surface area contributed by atoms with E-state index in [1.807, 2.05) is 31.2 Å². The number of carbonyl (C=O) groups excluding carboxylic acids is 2. The highest BCUT2D eigenvalue weighted by molar-refractivity contribution is 5.96. The highest BCUT2D eigenvalue weighted by atomic mass is 16.2. The Balaban J connectivity index is 1.87. The first-order valence-corrected chi connectivity index (χ1v) is 7.51. The number of amides is 3. The Bertz CT molecular complexity index is 499. The molecule has 2 rings (SSSR count). The number of hydrogen-bond donors (Lipinski definition) is 2. The number of unbranched alkanes of at least 4 members (excludes halogenated alkanes) is 1. The van der Waals surface area contributed by atoms with E-state index in [0.717, 1.165) is 24.1 Å². The van der Waals surface area contributed by atoms with Crippen LogP contribution in [-0.2, 0) is 4.79 Å². The zero-order chi connectivity index (χ0) is 15.2. The second kappa shape index (κ2) is 7.11. The van der Waals surface area contributed by atoms with Crippen LogP contribution < -0.4 is 15.5 Å². The number of nitrogens with one attached hydrogen (secondary N) is 2. The van der Waals surface area contributed by atoms with Gasteiger partial charge < -0.3 is 15.5 Å². The van der Waals surface area contributed by atoms with Crippen molar-refractivity contribution in [2.45, 2.75) is 39.2 Å². The average molecular weight is 289 g/mol. The van der Waals surface area contributed by atoms with Crippen molar-refractivity contribution in [1.29, 1.82) is 0 Å². The molecule has 1 heterocycles. The van der Waals surface area contributed by atoms with Crippen LogP contribution in [-0.4, -0.2) is 31.1 Å². The Hall–Kier alpha value is -2.04. The molecule has 1 aromatic rings. The number of nitrogens with zero attached hydrogens (tertiary/aromatic N) is 1. The zero-order valence-electron chi connectivity index (χ0n) is 12.7. The molecule has 0 aliphatic carbocycles. The summed E-state index contributed by atoms with van der Waals surface area (Å²) in [5, 5.41) is 5.67. The lowest BCUT2D eigenvalue weighted by Gasteiger charge is -2.17. The normalized spacial score (nSPS) is 17.9. The fourth-order valence-electron chi connectivity index (χ4n) is 2.39. The lowest BCUT2D eigenvalue weighted by atomic mass is 10.2. The van der Waals surface area contributed by atoms with Gasteiger partial charge in [0.2, 0.25) is 5.91 Å². The lowest BCUT2D eigenvalue weighted by molar-refractivity contribution is -0.117. The third kappa shape index (κ3) is 4.21. The molecule has 2 N–H and O–H groups in total. The summed E-state index contributed by atoms with van der Waals surface area (Å²) in [5.41, 5.74) is 2.05. The van der Waals surface area contributed by atoms with Crippen molar-refractivity contribution >= 4 is 17.6 Å². The van der Waals surface area contributed by atoms with E-state index in [1.165, 1.54) is 0 Å². The van der Waals surface area contributed by atoms with Gasteiger partial charge in [-0.15, -0.1) is 0 Å². The van der Waals surface area contributed by atoms with Crippen molar-refractivity contribution in [2.75, 3.05) is 18.0 Å². The Morgan fingerprint density at radius 2 is 2.05 bits per heavy atom. The van der Waals surface area contributed by atoms with Crippen LogP contribution in [0.25, 0.3) is 0 Å². The third-order valence-corrected chi connectivity index (χ3v) is 3.62. The van der Waals surface area contributed by atoms with Crippen LogP contribution in [0.2, 0.25) is 0 Å². The molecule has 0 unspecified atom stereocenters. The number of aryl methyl sites for hydroxylation is 1. The molecule has 0 aromatic heterocycles. The lowest BCUT2D eigenvalue weighted by Crippen LogP contribution is -2.43. The maximum Gasteiger partial charge on any atom is 0.315 e. The van der Waals surface area contributed by atoms with Crippen molar-refractivity contribution in [3.05, 3.63) is 29.8 Å². The summed E-state index contributed by atoms with van der Waals surface area (Å²) >= 11 is 0. The molecule has 21 heavy (non-hydrogen) atoms. The smallest absolute Gasteiger partial charge is 0.315 e. The summed E-state index contributed by atoms with van der Waals surface area (Å²) in [6, 6.07) is 7.54. The van der Waals surface area contributed by atoms with Gasteiger partial charge in [0.15, 0.2) is 0 Å². The third-order valence-electron chi connectivity index (χ3n) is 3.62. The van der Waals surface area contributed by atoms with Crippen molar-refractivity contribution in [3.8, 4) is 0 Å². The Morgan fingerprint density at radius 1 is 1.33 bits per heavy atom. The van der Waals surface area contributed by atoms with Crippen LogP contribution in [0.1, 0.15) is 31.7 Å². The van der Waals surface area contributed by atoms with Crippen LogP contribution in [0.5, 0.6) is 0 Å². The molecule has 114 valence electrons. The van der Waals surface area contributed by atoms with Gasteiger partial charge in [0.1, 0.15) is 0 Å². The van der Waals surface area contributed by atoms with E-state index in [0.29, 0.717) is 19.5 Å². The van der Waals surface area contributed by atoms with Crippen molar-refractivity contribution < 1.29 is 9.59 Å². The van der Waals surface area contributed by atoms with E-state index in [-0.39, 0.29) is 18.0 Å². The van der Waals surface area contributed by atoms with Gasteiger partial charge in [-0.2, -0.15) is 0 Å². The second-order valence-electron chi connectivity index (χ2n) is 5.49. The molecule has 5 nitrogen and oxygen atoms in total. The highest BCUT2D eigenvalue weighted by Crippen LogP contribution is 2.21. The predicted molar refractivity (Wildman–Crippen MR) is 83.4 cm³/mol. The molecule has 1 aromatic carbocycles. The van der Waals surface area contributed by atoms with Crippen LogP contribution in [0.3, 0.4) is 0 Å². The summed E-state index contributed by atoms with van der Waals surface area (Å²) in [6.07, 6.45) is 2.37. The minimum Gasteiger partial charge on any atom is -0.338 e. The van der Waals surface area contributed by atoms with Crippen molar-refractivity contribution in [1.82, 2.24) is 10.6 Å². The zero-order valence-corrected chi connectivity index (χ0v) is 12.7. The Morgan fingerprint density at radius 3 is 2.71 bits per heavy atom. The standard InChI is InChI=1S/C16H23N3O2/c1-3-4-9-17-16(21)18-13-10-15(20)19(11-13)14-7-5-12(2)6-8-14/h5-8,13H,3-4,9-11H2,1-2H3,(H2,17,18,21)/t13-/m1/s1. The van der Waals surface area contributed by atoms with Gasteiger partial charge in [0.25, 0.3) is 0 Å². The van der Waals surface area contributed by atoms with Gasteiger partial charge in [-0.25, -0.2) is 4.79 Å². The van der Waals surface area contributed by atoms with Gasteiger partial charge in [-0.3, -0.25) is 4.79 Å². The number of anilines is 1. The average Bonchev–Trinajstić information content (AvgIpc) is 2.80. The summed E-state index contributed by atoms with van der Waals surface area (Å²) < 4.78 is 0. The molecular formula is C16H23N3O2. The largest absolute Gasteiger partial charge is 0.338 e. The molecular weight excluding hydrogens is 266 g/mol. The number of benzene rings is 1. The number of hydrogen-bond acceptors (Lipinski definition) is 2. The van der Waals surface area contributed by atoms with E-state index >= 15 is 0 Å². The molecule has 1 aliphatic rings. The van der Waals surface area contributed by atoms with E-state index in [9.17, 15) is 9.59 Å². The van der Waals surface area contributed by atoms with Gasteiger partial charge in [-0.05, 0) is 25.5 Å². The molecule has 1 atom stereocenters. The minimum atomic E-state index is -0.188. The number of rotatable bonds is 5. The SMILES string of the molecule is CCCCNC(=O)N[C@@H]1CC(=O)N(c2ccc(C)cc2)C1. The monoisotopic (exact) mass is 289 g/mol. The van der Waals surface area contributed by atoms with Gasteiger partial charge in [0, 0.05) is 25.2 Å². The predicted octanol–water partition coefficient (Wildman–Crippen LogP) is 2.20. The van der Waals surface area contributed by atoms with Crippen LogP contribution in [0.15, 0.2) is 24.3 Å². The summed E-state index contributed by atoms with van der Waals surface area (Å²) in [6.45, 7) is 5.29. The van der Waals surface area contributed by atoms with Crippen LogP contribution in [0.4, 0.5) is 10.5 Å². The molecule has 3 amide bonds. The Kier molecular flexibility index (Phi) is 5.20. The fourth-order valence-corrected chi connectivity index (χ4v) is 2.39. The molecule has 0 saturated carbocycles. The summed E-state index contributed by atoms with van der Waals surface area (Å²) in [7, 11) is 0. The first kappa shape index (κ1) is 15.4. The minimum absolute atomic E-state index is 0.0534. The molecule has 1 fully saturated rings. The van der Waals surface area contributed by atoms with Gasteiger partial charge in [-0.1, -0.05) is 31.0 Å². The van der Waals surface area contributed by atoms with Gasteiger partial charge in [0.05, 0.1) is 6.04 Å². The molecule has 5 heteroatoms. The van der Waals surface area contributed by atoms with Crippen molar-refractivity contribution in [2.24, 2.45) is 0 Å². The first-order valence-electron chi connectivity index (χ1n) is 7.51. The summed E-state index contributed by atoms with van der Waals surface area (Å²) in [4.78, 5) is 25.5. The van der Waals surface area contributed by atoms with Crippen molar-refractivity contribution in [3.63, 3.8) is 0 Å². The van der Waals surface area contributed by atoms with Crippen LogP contribution >= 0.6 is 0 Å². The molecule has 0 bridgehead atoms. The number of carbonyl (C=O) groups is 2. The quantitative estimate of drug-likeness (QED) is 0.816. The van der Waals surface area contributed by atoms with E-state index in [1.54, 1.807) is 4.90 Å². The maximum absolute atomic E-state index is 12.1. The second-order valence-corrected chi connectivity index (χ2v) is 5.49. The molecule has 0 spiro atoms. The number of urea groups is 1. The topological polar surface area (TPSA) is 61.4 Å². The maximum atomic E-state index is 12.1. The summed E-state index contributed by atoms with van der Waals surface area (Å²) in [5.74, 6) is 0.0534. The van der Waals surface area contributed by atoms with Gasteiger partial charge >= 0.3 is 6.03 Å². The van der Waals surface area contributed by atoms with E-state index < -0.39 is 0 Å². The molecule has 1 saturated heterocycles. The first-order chi connectivity index (χ1) is 10.1. The molecule has 0 radical (unpaired) electrons. The fraction of sp³-hybridized carbons (Fsp3) is 0.500. The highest BCUT2D eigenvalue weighted by Gasteiger charge is 2.31.